The second-order valence-electron chi connectivity index (χ2n) is 4.23. The summed E-state index contributed by atoms with van der Waals surface area (Å²) in [6, 6.07) is 0. The molecule has 0 atom stereocenters. The van der Waals surface area contributed by atoms with Crippen molar-refractivity contribution in [2.45, 2.75) is 38.8 Å². The molecule has 0 bridgehead atoms. The number of nitrogens with two attached hydrogens (primary N) is 2. The van der Waals surface area contributed by atoms with E-state index in [1.165, 1.54) is 0 Å². The van der Waals surface area contributed by atoms with E-state index in [2.05, 4.69) is 10.2 Å². The van der Waals surface area contributed by atoms with Crippen molar-refractivity contribution >= 4 is 0 Å². The molecule has 0 aliphatic heterocycles. The van der Waals surface area contributed by atoms with Gasteiger partial charge in [-0.2, -0.15) is 10.2 Å². The number of hydrogen-bond acceptors (Lipinski definition) is 4. The minimum absolute atomic E-state index is 0. The molecule has 0 aromatic carbocycles. The largest absolute Gasteiger partial charge is 0.412 e. The predicted molar refractivity (Wildman–Crippen MR) is 58.4 cm³/mol. The predicted octanol–water partition coefficient (Wildman–Crippen LogP) is -0.736. The molecule has 0 fully saturated rings. The lowest BCUT2D eigenvalue weighted by atomic mass is 10.1. The van der Waals surface area contributed by atoms with E-state index in [1.54, 1.807) is 0 Å². The highest BCUT2D eigenvalue weighted by Gasteiger charge is 2.18. The third-order valence-electron chi connectivity index (χ3n) is 1.59. The summed E-state index contributed by atoms with van der Waals surface area (Å²) in [5.74, 6) is 0. The Balaban J connectivity index is -0.000000605. The third kappa shape index (κ3) is 8.06. The van der Waals surface area contributed by atoms with Crippen LogP contribution in [0, 0.1) is 0 Å². The summed E-state index contributed by atoms with van der Waals surface area (Å²) in [5.41, 5.74) is 10.4. The molecule has 0 rings (SSSR count). The maximum atomic E-state index is 5.49. The lowest BCUT2D eigenvalue weighted by Crippen LogP contribution is -2.32. The van der Waals surface area contributed by atoms with Crippen LogP contribution in [0.5, 0.6) is 0 Å². The molecule has 0 saturated heterocycles. The maximum absolute atomic E-state index is 5.49. The fourth-order valence-electron chi connectivity index (χ4n) is 0.352. The van der Waals surface area contributed by atoms with Gasteiger partial charge in [-0.05, 0) is 27.7 Å². The normalized spacial score (nSPS) is 12.1. The Morgan fingerprint density at radius 2 is 1.00 bits per heavy atom. The first-order valence-corrected chi connectivity index (χ1v) is 4.17. The second kappa shape index (κ2) is 6.83. The molecule has 0 radical (unpaired) electrons. The molecule has 6 nitrogen and oxygen atoms in total. The van der Waals surface area contributed by atoms with Crippen LogP contribution in [0.3, 0.4) is 0 Å². The second-order valence-corrected chi connectivity index (χ2v) is 4.23. The zero-order valence-corrected chi connectivity index (χ0v) is 9.46. The van der Waals surface area contributed by atoms with Gasteiger partial charge in [0.1, 0.15) is 0 Å². The monoisotopic (exact) mass is 208 g/mol. The van der Waals surface area contributed by atoms with Crippen molar-refractivity contribution in [1.29, 1.82) is 0 Å². The van der Waals surface area contributed by atoms with E-state index in [0.29, 0.717) is 13.1 Å². The van der Waals surface area contributed by atoms with Gasteiger partial charge in [-0.3, -0.25) is 0 Å². The van der Waals surface area contributed by atoms with E-state index in [1.807, 2.05) is 27.7 Å². The molecule has 0 aliphatic carbocycles. The molecular formula is C8H24N4O2. The van der Waals surface area contributed by atoms with Crippen LogP contribution < -0.4 is 11.5 Å². The van der Waals surface area contributed by atoms with Crippen molar-refractivity contribution in [3.63, 3.8) is 0 Å². The number of rotatable bonds is 4. The van der Waals surface area contributed by atoms with Crippen LogP contribution in [0.1, 0.15) is 27.7 Å². The lowest BCUT2D eigenvalue weighted by Gasteiger charge is -2.20. The number of hydrogen-bond donors (Lipinski definition) is 2. The molecule has 8 N–H and O–H groups in total. The van der Waals surface area contributed by atoms with Gasteiger partial charge < -0.3 is 22.4 Å². The van der Waals surface area contributed by atoms with E-state index in [-0.39, 0.29) is 22.0 Å². The smallest absolute Gasteiger partial charge is 0.0881 e. The van der Waals surface area contributed by atoms with Crippen molar-refractivity contribution in [2.24, 2.45) is 21.7 Å². The number of nitrogens with zero attached hydrogens (tertiary/aromatic N) is 2. The van der Waals surface area contributed by atoms with Crippen LogP contribution in [-0.4, -0.2) is 35.1 Å². The van der Waals surface area contributed by atoms with Crippen molar-refractivity contribution < 1.29 is 11.0 Å². The molecule has 0 saturated carbocycles. The standard InChI is InChI=1S/C8H20N4.2H2O/c1-7(2,5-9)11-12-8(3,4)6-10;;/h5-6,9-10H2,1-4H3;2*1H2. The van der Waals surface area contributed by atoms with Gasteiger partial charge in [0, 0.05) is 13.1 Å². The van der Waals surface area contributed by atoms with Crippen molar-refractivity contribution in [3.05, 3.63) is 0 Å². The van der Waals surface area contributed by atoms with Crippen LogP contribution in [-0.2, 0) is 0 Å². The van der Waals surface area contributed by atoms with Gasteiger partial charge in [0.2, 0.25) is 0 Å². The maximum Gasteiger partial charge on any atom is 0.0881 e. The van der Waals surface area contributed by atoms with Crippen molar-refractivity contribution in [2.75, 3.05) is 13.1 Å². The van der Waals surface area contributed by atoms with E-state index in [0.717, 1.165) is 0 Å². The van der Waals surface area contributed by atoms with Crippen LogP contribution >= 0.6 is 0 Å². The summed E-state index contributed by atoms with van der Waals surface area (Å²) in [4.78, 5) is 0. The summed E-state index contributed by atoms with van der Waals surface area (Å²) in [5, 5.41) is 8.27. The zero-order valence-electron chi connectivity index (χ0n) is 9.46. The molecule has 14 heavy (non-hydrogen) atoms. The van der Waals surface area contributed by atoms with E-state index < -0.39 is 0 Å². The molecule has 6 heteroatoms. The third-order valence-corrected chi connectivity index (χ3v) is 1.59. The van der Waals surface area contributed by atoms with Crippen LogP contribution in [0.4, 0.5) is 0 Å². The summed E-state index contributed by atoms with van der Waals surface area (Å²) >= 11 is 0. The van der Waals surface area contributed by atoms with E-state index in [4.69, 9.17) is 11.5 Å². The minimum Gasteiger partial charge on any atom is -0.412 e. The molecule has 0 aromatic rings. The van der Waals surface area contributed by atoms with E-state index in [9.17, 15) is 0 Å². The average molecular weight is 208 g/mol. The Morgan fingerprint density at radius 1 is 0.786 bits per heavy atom. The molecule has 0 aliphatic rings. The first-order valence-electron chi connectivity index (χ1n) is 4.17. The molecule has 0 spiro atoms. The Labute approximate surface area is 85.4 Å². The average Bonchev–Trinajstić information content (AvgIpc) is 2.02. The Kier molecular flexibility index (Phi) is 9.31. The van der Waals surface area contributed by atoms with Crippen LogP contribution in [0.15, 0.2) is 10.2 Å². The highest BCUT2D eigenvalue weighted by atomic mass is 16.0. The van der Waals surface area contributed by atoms with Gasteiger partial charge in [-0.1, -0.05) is 0 Å². The molecule has 0 amide bonds. The quantitative estimate of drug-likeness (QED) is 0.587. The van der Waals surface area contributed by atoms with Crippen molar-refractivity contribution in [3.8, 4) is 0 Å². The molecule has 0 unspecified atom stereocenters. The highest BCUT2D eigenvalue weighted by Crippen LogP contribution is 2.13. The number of azo groups is 1. The van der Waals surface area contributed by atoms with Crippen LogP contribution in [0.25, 0.3) is 0 Å². The summed E-state index contributed by atoms with van der Waals surface area (Å²) in [7, 11) is 0. The lowest BCUT2D eigenvalue weighted by molar-refractivity contribution is 0.431. The molecular weight excluding hydrogens is 184 g/mol. The van der Waals surface area contributed by atoms with Gasteiger partial charge in [0.15, 0.2) is 0 Å². The summed E-state index contributed by atoms with van der Waals surface area (Å²) in [6.07, 6.45) is 0. The van der Waals surface area contributed by atoms with Gasteiger partial charge in [0.05, 0.1) is 11.1 Å². The SMILES string of the molecule is CC(C)(CN)N=NC(C)(C)CN.O.O. The van der Waals surface area contributed by atoms with Gasteiger partial charge >= 0.3 is 0 Å². The van der Waals surface area contributed by atoms with Gasteiger partial charge in [-0.15, -0.1) is 0 Å². The summed E-state index contributed by atoms with van der Waals surface area (Å²) in [6.45, 7) is 8.78. The first-order chi connectivity index (χ1) is 5.33. The minimum atomic E-state index is -0.271. The fraction of sp³-hybridized carbons (Fsp3) is 1.00. The topological polar surface area (TPSA) is 140 Å². The first kappa shape index (κ1) is 19.1. The Morgan fingerprint density at radius 3 is 1.14 bits per heavy atom. The highest BCUT2D eigenvalue weighted by molar-refractivity contribution is 4.81. The molecule has 0 aromatic heterocycles. The van der Waals surface area contributed by atoms with Gasteiger partial charge in [-0.25, -0.2) is 0 Å². The molecule has 0 heterocycles. The Bertz CT molecular complexity index is 151. The zero-order chi connectivity index (χ0) is 9.83. The molecule has 88 valence electrons. The van der Waals surface area contributed by atoms with E-state index >= 15 is 0 Å². The van der Waals surface area contributed by atoms with Crippen LogP contribution in [0.2, 0.25) is 0 Å². The van der Waals surface area contributed by atoms with Gasteiger partial charge in [0.25, 0.3) is 0 Å². The van der Waals surface area contributed by atoms with Crippen molar-refractivity contribution in [1.82, 2.24) is 0 Å². The summed E-state index contributed by atoms with van der Waals surface area (Å²) < 4.78 is 0. The Hall–Kier alpha value is -0.560. The fourth-order valence-corrected chi connectivity index (χ4v) is 0.352.